The zero-order valence-corrected chi connectivity index (χ0v) is 13.7. The Morgan fingerprint density at radius 1 is 1.48 bits per heavy atom. The number of carboxylic acid groups (broad SMARTS) is 1. The summed E-state index contributed by atoms with van der Waals surface area (Å²) in [4.78, 5) is 26.0. The fourth-order valence-electron chi connectivity index (χ4n) is 2.05. The SMILES string of the molecule is CCCC(CNC(=O)N(C)C(C)Cc1cccs1)C(=O)O. The molecule has 2 N–H and O–H groups in total. The molecule has 1 aromatic rings. The van der Waals surface area contributed by atoms with E-state index in [0.717, 1.165) is 12.8 Å². The molecular weight excluding hydrogens is 288 g/mol. The minimum atomic E-state index is -0.855. The minimum absolute atomic E-state index is 0.0677. The Balaban J connectivity index is 2.44. The van der Waals surface area contributed by atoms with Gasteiger partial charge in [0.25, 0.3) is 0 Å². The fraction of sp³-hybridized carbons (Fsp3) is 0.600. The van der Waals surface area contributed by atoms with Crippen LogP contribution in [0.3, 0.4) is 0 Å². The van der Waals surface area contributed by atoms with Gasteiger partial charge < -0.3 is 15.3 Å². The van der Waals surface area contributed by atoms with Crippen LogP contribution in [-0.2, 0) is 11.2 Å². The number of amides is 2. The smallest absolute Gasteiger partial charge is 0.317 e. The van der Waals surface area contributed by atoms with E-state index in [-0.39, 0.29) is 18.6 Å². The predicted molar refractivity (Wildman–Crippen MR) is 84.7 cm³/mol. The van der Waals surface area contributed by atoms with Crippen LogP contribution in [0.2, 0.25) is 0 Å². The van der Waals surface area contributed by atoms with Gasteiger partial charge in [-0.3, -0.25) is 4.79 Å². The van der Waals surface area contributed by atoms with Crippen molar-refractivity contribution < 1.29 is 14.7 Å². The van der Waals surface area contributed by atoms with Crippen LogP contribution in [-0.4, -0.2) is 41.6 Å². The monoisotopic (exact) mass is 312 g/mol. The van der Waals surface area contributed by atoms with E-state index in [1.807, 2.05) is 25.3 Å². The van der Waals surface area contributed by atoms with Crippen LogP contribution in [0.15, 0.2) is 17.5 Å². The van der Waals surface area contributed by atoms with Gasteiger partial charge in [-0.25, -0.2) is 4.79 Å². The van der Waals surface area contributed by atoms with Gasteiger partial charge >= 0.3 is 12.0 Å². The number of carbonyl (C=O) groups excluding carboxylic acids is 1. The van der Waals surface area contributed by atoms with Crippen LogP contribution in [0, 0.1) is 5.92 Å². The van der Waals surface area contributed by atoms with Crippen LogP contribution in [0.4, 0.5) is 4.79 Å². The number of nitrogens with one attached hydrogen (secondary N) is 1. The summed E-state index contributed by atoms with van der Waals surface area (Å²) < 4.78 is 0. The highest BCUT2D eigenvalue weighted by molar-refractivity contribution is 7.09. The van der Waals surface area contributed by atoms with E-state index in [4.69, 9.17) is 5.11 Å². The van der Waals surface area contributed by atoms with Crippen molar-refractivity contribution in [1.82, 2.24) is 10.2 Å². The second-order valence-corrected chi connectivity index (χ2v) is 6.29. The molecule has 0 bridgehead atoms. The van der Waals surface area contributed by atoms with Crippen LogP contribution in [0.25, 0.3) is 0 Å². The maximum atomic E-state index is 12.1. The maximum absolute atomic E-state index is 12.1. The largest absolute Gasteiger partial charge is 0.481 e. The van der Waals surface area contributed by atoms with E-state index in [9.17, 15) is 9.59 Å². The van der Waals surface area contributed by atoms with Crippen molar-refractivity contribution in [1.29, 1.82) is 0 Å². The van der Waals surface area contributed by atoms with Gasteiger partial charge in [-0.2, -0.15) is 0 Å². The lowest BCUT2D eigenvalue weighted by molar-refractivity contribution is -0.141. The van der Waals surface area contributed by atoms with Crippen LogP contribution in [0.1, 0.15) is 31.6 Å². The average molecular weight is 312 g/mol. The first-order valence-electron chi connectivity index (χ1n) is 7.21. The number of aliphatic carboxylic acids is 1. The topological polar surface area (TPSA) is 69.6 Å². The van der Waals surface area contributed by atoms with Crippen LogP contribution in [0.5, 0.6) is 0 Å². The van der Waals surface area contributed by atoms with Crippen molar-refractivity contribution >= 4 is 23.3 Å². The van der Waals surface area contributed by atoms with Gasteiger partial charge in [0, 0.05) is 30.9 Å². The molecule has 21 heavy (non-hydrogen) atoms. The third-order valence-electron chi connectivity index (χ3n) is 3.54. The van der Waals surface area contributed by atoms with Crippen molar-refractivity contribution in [2.45, 2.75) is 39.2 Å². The van der Waals surface area contributed by atoms with Crippen molar-refractivity contribution in [3.63, 3.8) is 0 Å². The lowest BCUT2D eigenvalue weighted by atomic mass is 10.0. The molecule has 2 atom stereocenters. The number of carbonyl (C=O) groups is 2. The molecule has 0 saturated carbocycles. The van der Waals surface area contributed by atoms with Gasteiger partial charge in [0.15, 0.2) is 0 Å². The molecule has 1 heterocycles. The Morgan fingerprint density at radius 3 is 2.71 bits per heavy atom. The molecule has 0 spiro atoms. The van der Waals surface area contributed by atoms with E-state index in [0.29, 0.717) is 6.42 Å². The molecular formula is C15H24N2O3S. The molecule has 5 nitrogen and oxygen atoms in total. The van der Waals surface area contributed by atoms with Crippen molar-refractivity contribution in [2.24, 2.45) is 5.92 Å². The standard InChI is InChI=1S/C15H24N2O3S/c1-4-6-12(14(18)19)10-16-15(20)17(3)11(2)9-13-7-5-8-21-13/h5,7-8,11-12H,4,6,9-10H2,1-3H3,(H,16,20)(H,18,19). The number of hydrogen-bond donors (Lipinski definition) is 2. The number of thiophene rings is 1. The lowest BCUT2D eigenvalue weighted by Gasteiger charge is -2.25. The predicted octanol–water partition coefficient (Wildman–Crippen LogP) is 2.82. The number of hydrogen-bond acceptors (Lipinski definition) is 3. The Labute approximate surface area is 130 Å². The normalized spacial score (nSPS) is 13.5. The zero-order valence-electron chi connectivity index (χ0n) is 12.8. The maximum Gasteiger partial charge on any atom is 0.317 e. The Kier molecular flexibility index (Phi) is 7.22. The second kappa shape index (κ2) is 8.67. The molecule has 118 valence electrons. The summed E-state index contributed by atoms with van der Waals surface area (Å²) >= 11 is 1.67. The summed E-state index contributed by atoms with van der Waals surface area (Å²) in [5.74, 6) is -1.37. The number of urea groups is 1. The fourth-order valence-corrected chi connectivity index (χ4v) is 2.88. The highest BCUT2D eigenvalue weighted by atomic mass is 32.1. The van der Waals surface area contributed by atoms with E-state index < -0.39 is 11.9 Å². The molecule has 0 aliphatic carbocycles. The summed E-state index contributed by atoms with van der Waals surface area (Å²) in [6, 6.07) is 3.89. The average Bonchev–Trinajstić information content (AvgIpc) is 2.94. The number of likely N-dealkylation sites (N-methyl/N-ethyl adjacent to an activating group) is 1. The quantitative estimate of drug-likeness (QED) is 0.775. The second-order valence-electron chi connectivity index (χ2n) is 5.25. The molecule has 0 saturated heterocycles. The molecule has 0 aliphatic rings. The minimum Gasteiger partial charge on any atom is -0.481 e. The molecule has 0 radical (unpaired) electrons. The highest BCUT2D eigenvalue weighted by Crippen LogP contribution is 2.13. The first-order chi connectivity index (χ1) is 9.95. The molecule has 0 fully saturated rings. The number of rotatable bonds is 8. The molecule has 2 amide bonds. The first kappa shape index (κ1) is 17.5. The van der Waals surface area contributed by atoms with E-state index in [1.165, 1.54) is 4.88 Å². The Hall–Kier alpha value is -1.56. The van der Waals surface area contributed by atoms with E-state index in [2.05, 4.69) is 11.4 Å². The highest BCUT2D eigenvalue weighted by Gasteiger charge is 2.20. The van der Waals surface area contributed by atoms with Gasteiger partial charge in [-0.05, 0) is 24.8 Å². The Bertz CT molecular complexity index is 448. The molecule has 1 rings (SSSR count). The molecule has 0 aromatic carbocycles. The molecule has 1 aromatic heterocycles. The van der Waals surface area contributed by atoms with Crippen LogP contribution < -0.4 is 5.32 Å². The summed E-state index contributed by atoms with van der Waals surface area (Å²) in [6.45, 7) is 4.10. The van der Waals surface area contributed by atoms with Gasteiger partial charge in [0.1, 0.15) is 0 Å². The molecule has 6 heteroatoms. The van der Waals surface area contributed by atoms with E-state index in [1.54, 1.807) is 23.3 Å². The molecule has 2 unspecified atom stereocenters. The van der Waals surface area contributed by atoms with Crippen molar-refractivity contribution in [3.05, 3.63) is 22.4 Å². The molecule has 0 aliphatic heterocycles. The van der Waals surface area contributed by atoms with Gasteiger partial charge in [0.2, 0.25) is 0 Å². The summed E-state index contributed by atoms with van der Waals surface area (Å²) in [5, 5.41) is 13.8. The van der Waals surface area contributed by atoms with Gasteiger partial charge in [-0.1, -0.05) is 19.4 Å². The van der Waals surface area contributed by atoms with E-state index >= 15 is 0 Å². The first-order valence-corrected chi connectivity index (χ1v) is 8.09. The third kappa shape index (κ3) is 5.75. The van der Waals surface area contributed by atoms with Gasteiger partial charge in [0.05, 0.1) is 5.92 Å². The van der Waals surface area contributed by atoms with Crippen LogP contribution >= 0.6 is 11.3 Å². The number of nitrogens with zero attached hydrogens (tertiary/aromatic N) is 1. The van der Waals surface area contributed by atoms with Crippen molar-refractivity contribution in [3.8, 4) is 0 Å². The summed E-state index contributed by atoms with van der Waals surface area (Å²) in [6.07, 6.45) is 2.17. The summed E-state index contributed by atoms with van der Waals surface area (Å²) in [7, 11) is 1.74. The summed E-state index contributed by atoms with van der Waals surface area (Å²) in [5.41, 5.74) is 0. The zero-order chi connectivity index (χ0) is 15.8. The van der Waals surface area contributed by atoms with Gasteiger partial charge in [-0.15, -0.1) is 11.3 Å². The number of carboxylic acids is 1. The van der Waals surface area contributed by atoms with Crippen molar-refractivity contribution in [2.75, 3.05) is 13.6 Å². The lowest BCUT2D eigenvalue weighted by Crippen LogP contribution is -2.45. The Morgan fingerprint density at radius 2 is 2.19 bits per heavy atom. The third-order valence-corrected chi connectivity index (χ3v) is 4.44.